The smallest absolute Gasteiger partial charge is 0.245 e. The van der Waals surface area contributed by atoms with Gasteiger partial charge in [-0.05, 0) is 0 Å². The van der Waals surface area contributed by atoms with Crippen molar-refractivity contribution in [1.29, 1.82) is 0 Å². The Hall–Kier alpha value is -1.10. The van der Waals surface area contributed by atoms with Gasteiger partial charge in [-0.3, -0.25) is 4.79 Å². The van der Waals surface area contributed by atoms with Crippen molar-refractivity contribution in [2.24, 2.45) is 16.6 Å². The molecule has 0 spiro atoms. The molecule has 0 aromatic carbocycles. The number of carbonyl (C=O) groups is 1. The molecule has 1 heterocycles. The molecule has 50 valence electrons. The molecule has 1 aliphatic rings. The van der Waals surface area contributed by atoms with E-state index in [1.807, 2.05) is 0 Å². The summed E-state index contributed by atoms with van der Waals surface area (Å²) < 4.78 is 0. The maximum atomic E-state index is 10.5. The lowest BCUT2D eigenvalue weighted by Crippen LogP contribution is -2.55. The zero-order valence-corrected chi connectivity index (χ0v) is 4.79. The Morgan fingerprint density at radius 1 is 1.89 bits per heavy atom. The maximum Gasteiger partial charge on any atom is 0.245 e. The van der Waals surface area contributed by atoms with Gasteiger partial charge in [0.25, 0.3) is 0 Å². The standard InChI is InChI=1S/C4H8N4O/c5-3(9)4(6)1-7-8-2-4/h1,8H,2,6H2,(H2,5,9). The van der Waals surface area contributed by atoms with E-state index in [4.69, 9.17) is 11.5 Å². The van der Waals surface area contributed by atoms with E-state index in [0.29, 0.717) is 6.54 Å². The van der Waals surface area contributed by atoms with E-state index in [1.54, 1.807) is 0 Å². The Balaban J connectivity index is 2.74. The van der Waals surface area contributed by atoms with Gasteiger partial charge in [0.15, 0.2) is 5.54 Å². The van der Waals surface area contributed by atoms with Gasteiger partial charge in [0.2, 0.25) is 5.91 Å². The Kier molecular flexibility index (Phi) is 1.14. The van der Waals surface area contributed by atoms with Gasteiger partial charge in [0.05, 0.1) is 12.8 Å². The third-order valence-electron chi connectivity index (χ3n) is 1.22. The second kappa shape index (κ2) is 1.70. The van der Waals surface area contributed by atoms with Gasteiger partial charge in [-0.2, -0.15) is 5.10 Å². The molecule has 9 heavy (non-hydrogen) atoms. The molecule has 0 aromatic rings. The molecule has 5 heteroatoms. The van der Waals surface area contributed by atoms with E-state index in [0.717, 1.165) is 0 Å². The molecular weight excluding hydrogens is 120 g/mol. The van der Waals surface area contributed by atoms with Crippen molar-refractivity contribution in [3.63, 3.8) is 0 Å². The van der Waals surface area contributed by atoms with Crippen molar-refractivity contribution >= 4 is 12.1 Å². The SMILES string of the molecule is NC(=O)C1(N)C=NNC1. The summed E-state index contributed by atoms with van der Waals surface area (Å²) >= 11 is 0. The van der Waals surface area contributed by atoms with Crippen molar-refractivity contribution in [2.45, 2.75) is 5.54 Å². The van der Waals surface area contributed by atoms with Crippen LogP contribution >= 0.6 is 0 Å². The average Bonchev–Trinajstić information content (AvgIpc) is 2.16. The average molecular weight is 128 g/mol. The zero-order chi connectivity index (χ0) is 6.91. The van der Waals surface area contributed by atoms with E-state index < -0.39 is 11.4 Å². The van der Waals surface area contributed by atoms with Gasteiger partial charge < -0.3 is 16.9 Å². The lowest BCUT2D eigenvalue weighted by Gasteiger charge is -2.12. The molecule has 5 N–H and O–H groups in total. The van der Waals surface area contributed by atoms with Crippen LogP contribution in [0.25, 0.3) is 0 Å². The Labute approximate surface area is 52.1 Å². The highest BCUT2D eigenvalue weighted by atomic mass is 16.1. The van der Waals surface area contributed by atoms with Crippen LogP contribution in [0.2, 0.25) is 0 Å². The highest BCUT2D eigenvalue weighted by Gasteiger charge is 2.32. The van der Waals surface area contributed by atoms with Crippen LogP contribution in [0.15, 0.2) is 5.10 Å². The number of hydrogen-bond acceptors (Lipinski definition) is 4. The van der Waals surface area contributed by atoms with Crippen LogP contribution in [0.3, 0.4) is 0 Å². The number of hydrogen-bond donors (Lipinski definition) is 3. The van der Waals surface area contributed by atoms with Gasteiger partial charge in [0.1, 0.15) is 0 Å². The van der Waals surface area contributed by atoms with Crippen molar-refractivity contribution in [1.82, 2.24) is 5.43 Å². The first-order chi connectivity index (χ1) is 4.15. The van der Waals surface area contributed by atoms with Crippen LogP contribution in [0.5, 0.6) is 0 Å². The minimum atomic E-state index is -1.07. The number of nitrogens with one attached hydrogen (secondary N) is 1. The van der Waals surface area contributed by atoms with Gasteiger partial charge in [0, 0.05) is 0 Å². The summed E-state index contributed by atoms with van der Waals surface area (Å²) in [5.41, 5.74) is 11.8. The first-order valence-corrected chi connectivity index (χ1v) is 2.51. The number of nitrogens with zero attached hydrogens (tertiary/aromatic N) is 1. The van der Waals surface area contributed by atoms with Crippen LogP contribution in [0.4, 0.5) is 0 Å². The first-order valence-electron chi connectivity index (χ1n) is 2.51. The fourth-order valence-electron chi connectivity index (χ4n) is 0.534. The molecule has 0 aliphatic carbocycles. The third kappa shape index (κ3) is 0.857. The maximum absolute atomic E-state index is 10.5. The summed E-state index contributed by atoms with van der Waals surface area (Å²) in [5, 5.41) is 3.56. The lowest BCUT2D eigenvalue weighted by molar-refractivity contribution is -0.120. The predicted octanol–water partition coefficient (Wildman–Crippen LogP) is -2.24. The second-order valence-corrected chi connectivity index (χ2v) is 2.00. The Bertz CT molecular complexity index is 166. The number of nitrogens with two attached hydrogens (primary N) is 2. The Morgan fingerprint density at radius 3 is 2.78 bits per heavy atom. The van der Waals surface area contributed by atoms with Crippen molar-refractivity contribution in [2.75, 3.05) is 6.54 Å². The highest BCUT2D eigenvalue weighted by molar-refractivity contribution is 6.03. The van der Waals surface area contributed by atoms with Gasteiger partial charge >= 0.3 is 0 Å². The molecule has 0 bridgehead atoms. The fourth-order valence-corrected chi connectivity index (χ4v) is 0.534. The van der Waals surface area contributed by atoms with E-state index >= 15 is 0 Å². The molecule has 1 unspecified atom stereocenters. The quantitative estimate of drug-likeness (QED) is 0.372. The summed E-state index contributed by atoms with van der Waals surface area (Å²) in [7, 11) is 0. The predicted molar refractivity (Wildman–Crippen MR) is 32.6 cm³/mol. The summed E-state index contributed by atoms with van der Waals surface area (Å²) in [4.78, 5) is 10.5. The normalized spacial score (nSPS) is 32.1. The van der Waals surface area contributed by atoms with Crippen molar-refractivity contribution < 1.29 is 4.79 Å². The van der Waals surface area contributed by atoms with Gasteiger partial charge in [-0.25, -0.2) is 0 Å². The van der Waals surface area contributed by atoms with Crippen LogP contribution in [-0.4, -0.2) is 24.2 Å². The zero-order valence-electron chi connectivity index (χ0n) is 4.79. The van der Waals surface area contributed by atoms with Crippen LogP contribution in [0.1, 0.15) is 0 Å². The van der Waals surface area contributed by atoms with E-state index in [9.17, 15) is 4.79 Å². The largest absolute Gasteiger partial charge is 0.368 e. The number of carbonyl (C=O) groups excluding carboxylic acids is 1. The van der Waals surface area contributed by atoms with Crippen LogP contribution < -0.4 is 16.9 Å². The topological polar surface area (TPSA) is 93.5 Å². The van der Waals surface area contributed by atoms with Crippen LogP contribution in [0, 0.1) is 0 Å². The molecule has 1 amide bonds. The fraction of sp³-hybridized carbons (Fsp3) is 0.500. The minimum absolute atomic E-state index is 0.294. The second-order valence-electron chi connectivity index (χ2n) is 2.00. The van der Waals surface area contributed by atoms with Crippen molar-refractivity contribution in [3.05, 3.63) is 0 Å². The molecule has 0 saturated heterocycles. The van der Waals surface area contributed by atoms with Gasteiger partial charge in [-0.1, -0.05) is 0 Å². The van der Waals surface area contributed by atoms with Crippen LogP contribution in [-0.2, 0) is 4.79 Å². The summed E-state index contributed by atoms with van der Waals surface area (Å²) in [6.07, 6.45) is 1.31. The Morgan fingerprint density at radius 2 is 2.56 bits per heavy atom. The summed E-state index contributed by atoms with van der Waals surface area (Å²) in [6, 6.07) is 0. The molecule has 0 radical (unpaired) electrons. The molecular formula is C4H8N4O. The molecule has 1 aliphatic heterocycles. The highest BCUT2D eigenvalue weighted by Crippen LogP contribution is 1.97. The lowest BCUT2D eigenvalue weighted by atomic mass is 10.0. The minimum Gasteiger partial charge on any atom is -0.368 e. The molecule has 1 rings (SSSR count). The first kappa shape index (κ1) is 6.03. The van der Waals surface area contributed by atoms with Gasteiger partial charge in [-0.15, -0.1) is 0 Å². The molecule has 0 saturated carbocycles. The number of primary amides is 1. The van der Waals surface area contributed by atoms with Crippen molar-refractivity contribution in [3.8, 4) is 0 Å². The number of amides is 1. The number of rotatable bonds is 1. The van der Waals surface area contributed by atoms with E-state index in [1.165, 1.54) is 6.21 Å². The molecule has 0 fully saturated rings. The third-order valence-corrected chi connectivity index (χ3v) is 1.22. The molecule has 1 atom stereocenters. The molecule has 5 nitrogen and oxygen atoms in total. The number of hydrazone groups is 1. The molecule has 0 aromatic heterocycles. The summed E-state index contributed by atoms with van der Waals surface area (Å²) in [5.74, 6) is -0.559. The van der Waals surface area contributed by atoms with E-state index in [2.05, 4.69) is 10.5 Å². The van der Waals surface area contributed by atoms with E-state index in [-0.39, 0.29) is 0 Å². The monoisotopic (exact) mass is 128 g/mol. The summed E-state index contributed by atoms with van der Waals surface area (Å²) in [6.45, 7) is 0.294.